The molecule has 0 saturated carbocycles. The van der Waals surface area contributed by atoms with Crippen LogP contribution in [0, 0.1) is 11.7 Å². The predicted molar refractivity (Wildman–Crippen MR) is 102 cm³/mol. The van der Waals surface area contributed by atoms with Gasteiger partial charge >= 0.3 is 0 Å². The van der Waals surface area contributed by atoms with Gasteiger partial charge in [0.2, 0.25) is 5.91 Å². The van der Waals surface area contributed by atoms with Crippen LogP contribution in [-0.2, 0) is 15.0 Å². The molecule has 150 valence electrons. The van der Waals surface area contributed by atoms with Crippen LogP contribution in [0.15, 0.2) is 24.3 Å². The molecule has 7 nitrogen and oxygen atoms in total. The van der Waals surface area contributed by atoms with Gasteiger partial charge in [0.25, 0.3) is 10.2 Å². The van der Waals surface area contributed by atoms with Gasteiger partial charge in [-0.25, -0.2) is 4.39 Å². The lowest BCUT2D eigenvalue weighted by Crippen LogP contribution is -2.55. The molecule has 27 heavy (non-hydrogen) atoms. The van der Waals surface area contributed by atoms with Crippen molar-refractivity contribution < 1.29 is 17.6 Å². The van der Waals surface area contributed by atoms with Crippen LogP contribution in [0.4, 0.5) is 10.1 Å². The second-order valence-electron chi connectivity index (χ2n) is 7.34. The Labute approximate surface area is 160 Å². The molecule has 2 heterocycles. The van der Waals surface area contributed by atoms with Gasteiger partial charge in [-0.15, -0.1) is 0 Å². The zero-order chi connectivity index (χ0) is 19.4. The number of benzene rings is 1. The maximum atomic E-state index is 12.9. The van der Waals surface area contributed by atoms with E-state index in [4.69, 9.17) is 0 Å². The lowest BCUT2D eigenvalue weighted by atomic mass is 10.0. The van der Waals surface area contributed by atoms with Crippen molar-refractivity contribution in [1.82, 2.24) is 13.5 Å². The molecule has 3 rings (SSSR count). The summed E-state index contributed by atoms with van der Waals surface area (Å²) in [5.74, 6) is -0.152. The van der Waals surface area contributed by atoms with E-state index in [1.807, 2.05) is 4.90 Å². The highest BCUT2D eigenvalue weighted by atomic mass is 32.2. The third-order valence-electron chi connectivity index (χ3n) is 5.10. The number of amides is 1. The van der Waals surface area contributed by atoms with E-state index in [9.17, 15) is 17.6 Å². The van der Waals surface area contributed by atoms with Crippen molar-refractivity contribution in [2.75, 3.05) is 51.1 Å². The number of nitrogens with one attached hydrogen (secondary N) is 1. The van der Waals surface area contributed by atoms with Crippen molar-refractivity contribution in [3.05, 3.63) is 30.1 Å². The summed E-state index contributed by atoms with van der Waals surface area (Å²) in [6.45, 7) is 5.24. The number of anilines is 1. The molecule has 0 bridgehead atoms. The van der Waals surface area contributed by atoms with Gasteiger partial charge < -0.3 is 5.32 Å². The van der Waals surface area contributed by atoms with Crippen molar-refractivity contribution in [2.24, 2.45) is 5.92 Å². The van der Waals surface area contributed by atoms with Crippen molar-refractivity contribution in [1.29, 1.82) is 0 Å². The van der Waals surface area contributed by atoms with Gasteiger partial charge in [-0.05, 0) is 43.0 Å². The monoisotopic (exact) mass is 398 g/mol. The third kappa shape index (κ3) is 5.25. The van der Waals surface area contributed by atoms with Crippen LogP contribution >= 0.6 is 0 Å². The van der Waals surface area contributed by atoms with Gasteiger partial charge in [-0.1, -0.05) is 6.92 Å². The molecule has 0 aliphatic carbocycles. The highest BCUT2D eigenvalue weighted by Gasteiger charge is 2.34. The van der Waals surface area contributed by atoms with Gasteiger partial charge in [0.05, 0.1) is 6.54 Å². The van der Waals surface area contributed by atoms with Crippen molar-refractivity contribution in [3.63, 3.8) is 0 Å². The average Bonchev–Trinajstić information content (AvgIpc) is 2.64. The molecule has 2 saturated heterocycles. The summed E-state index contributed by atoms with van der Waals surface area (Å²) in [6, 6.07) is 5.61. The second-order valence-corrected chi connectivity index (χ2v) is 9.27. The molecule has 0 radical (unpaired) electrons. The van der Waals surface area contributed by atoms with Gasteiger partial charge in [-0.2, -0.15) is 17.0 Å². The smallest absolute Gasteiger partial charge is 0.282 e. The number of rotatable bonds is 5. The van der Waals surface area contributed by atoms with Gasteiger partial charge in [-0.3, -0.25) is 9.69 Å². The Bertz CT molecular complexity index is 748. The molecule has 2 aliphatic rings. The van der Waals surface area contributed by atoms with Crippen LogP contribution in [0.3, 0.4) is 0 Å². The summed E-state index contributed by atoms with van der Waals surface area (Å²) in [6.07, 6.45) is 1.98. The summed E-state index contributed by atoms with van der Waals surface area (Å²) < 4.78 is 41.6. The van der Waals surface area contributed by atoms with E-state index < -0.39 is 10.2 Å². The number of piperazine rings is 1. The van der Waals surface area contributed by atoms with Gasteiger partial charge in [0.15, 0.2) is 0 Å². The number of halogens is 1. The van der Waals surface area contributed by atoms with E-state index in [2.05, 4.69) is 12.2 Å². The van der Waals surface area contributed by atoms with Crippen molar-refractivity contribution in [2.45, 2.75) is 19.8 Å². The highest BCUT2D eigenvalue weighted by Crippen LogP contribution is 2.21. The summed E-state index contributed by atoms with van der Waals surface area (Å²) in [5.41, 5.74) is 0.543. The molecule has 0 spiro atoms. The minimum Gasteiger partial charge on any atom is -0.325 e. The fourth-order valence-electron chi connectivity index (χ4n) is 3.57. The van der Waals surface area contributed by atoms with E-state index in [1.165, 1.54) is 28.6 Å². The van der Waals surface area contributed by atoms with Crippen LogP contribution in [0.1, 0.15) is 19.8 Å². The number of hydrogen-bond acceptors (Lipinski definition) is 4. The Balaban J connectivity index is 1.48. The van der Waals surface area contributed by atoms with E-state index in [0.717, 1.165) is 12.8 Å². The Morgan fingerprint density at radius 1 is 1.11 bits per heavy atom. The Hall–Kier alpha value is -1.55. The van der Waals surface area contributed by atoms with Crippen molar-refractivity contribution >= 4 is 21.8 Å². The molecule has 1 aromatic carbocycles. The molecule has 2 fully saturated rings. The first-order valence-electron chi connectivity index (χ1n) is 9.37. The van der Waals surface area contributed by atoms with Crippen LogP contribution in [0.2, 0.25) is 0 Å². The van der Waals surface area contributed by atoms with Crippen LogP contribution < -0.4 is 5.32 Å². The molecule has 0 aromatic heterocycles. The van der Waals surface area contributed by atoms with Crippen LogP contribution in [0.5, 0.6) is 0 Å². The zero-order valence-electron chi connectivity index (χ0n) is 15.6. The minimum absolute atomic E-state index is 0.187. The summed E-state index contributed by atoms with van der Waals surface area (Å²) in [5, 5.41) is 2.73. The van der Waals surface area contributed by atoms with Gasteiger partial charge in [0.1, 0.15) is 5.82 Å². The summed E-state index contributed by atoms with van der Waals surface area (Å²) in [7, 11) is -3.42. The third-order valence-corrected chi connectivity index (χ3v) is 7.10. The molecule has 9 heteroatoms. The molecular weight excluding hydrogens is 371 g/mol. The topological polar surface area (TPSA) is 73.0 Å². The Kier molecular flexibility index (Phi) is 6.46. The Morgan fingerprint density at radius 3 is 2.41 bits per heavy atom. The number of nitrogens with zero attached hydrogens (tertiary/aromatic N) is 3. The normalized spacial score (nSPS) is 23.3. The summed E-state index contributed by atoms with van der Waals surface area (Å²) >= 11 is 0. The van der Waals surface area contributed by atoms with E-state index >= 15 is 0 Å². The van der Waals surface area contributed by atoms with Crippen LogP contribution in [0.25, 0.3) is 0 Å². The number of piperidine rings is 1. The fraction of sp³-hybridized carbons (Fsp3) is 0.611. The second kappa shape index (κ2) is 8.64. The predicted octanol–water partition coefficient (Wildman–Crippen LogP) is 1.36. The molecule has 1 atom stereocenters. The lowest BCUT2D eigenvalue weighted by molar-refractivity contribution is -0.117. The minimum atomic E-state index is -3.42. The maximum Gasteiger partial charge on any atom is 0.282 e. The lowest BCUT2D eigenvalue weighted by Gasteiger charge is -2.38. The van der Waals surface area contributed by atoms with E-state index in [0.29, 0.717) is 50.9 Å². The number of hydrogen-bond donors (Lipinski definition) is 1. The van der Waals surface area contributed by atoms with E-state index in [1.54, 1.807) is 4.31 Å². The molecule has 1 amide bonds. The van der Waals surface area contributed by atoms with Gasteiger partial charge in [0, 0.05) is 45.0 Å². The SMILES string of the molecule is CC1CCCN(S(=O)(=O)N2CCN(CC(=O)Nc3ccc(F)cc3)CC2)C1. The van der Waals surface area contributed by atoms with Crippen LogP contribution in [-0.4, -0.2) is 73.6 Å². The fourth-order valence-corrected chi connectivity index (χ4v) is 5.33. The Morgan fingerprint density at radius 2 is 1.78 bits per heavy atom. The molecular formula is C18H27FN4O3S. The molecule has 1 unspecified atom stereocenters. The first-order chi connectivity index (χ1) is 12.8. The first kappa shape index (κ1) is 20.2. The first-order valence-corrected chi connectivity index (χ1v) is 10.8. The molecule has 1 N–H and O–H groups in total. The number of carbonyl (C=O) groups is 1. The van der Waals surface area contributed by atoms with Crippen molar-refractivity contribution in [3.8, 4) is 0 Å². The molecule has 1 aromatic rings. The summed E-state index contributed by atoms with van der Waals surface area (Å²) in [4.78, 5) is 14.1. The maximum absolute atomic E-state index is 12.9. The zero-order valence-corrected chi connectivity index (χ0v) is 16.4. The highest BCUT2D eigenvalue weighted by molar-refractivity contribution is 7.86. The molecule has 2 aliphatic heterocycles. The average molecular weight is 399 g/mol. The standard InChI is InChI=1S/C18H27FN4O3S/c1-15-3-2-8-23(13-15)27(25,26)22-11-9-21(10-12-22)14-18(24)20-17-6-4-16(19)5-7-17/h4-7,15H,2-3,8-14H2,1H3,(H,20,24). The van der Waals surface area contributed by atoms with E-state index in [-0.39, 0.29) is 18.3 Å². The quantitative estimate of drug-likeness (QED) is 0.813. The largest absolute Gasteiger partial charge is 0.325 e. The number of carbonyl (C=O) groups excluding carboxylic acids is 1.